The Labute approximate surface area is 129 Å². The second kappa shape index (κ2) is 6.02. The zero-order chi connectivity index (χ0) is 14.7. The van der Waals surface area contributed by atoms with E-state index < -0.39 is 0 Å². The van der Waals surface area contributed by atoms with E-state index in [9.17, 15) is 4.79 Å². The molecule has 0 saturated heterocycles. The zero-order valence-electron chi connectivity index (χ0n) is 11.1. The van der Waals surface area contributed by atoms with Gasteiger partial charge in [0.2, 0.25) is 0 Å². The first kappa shape index (κ1) is 13.7. The summed E-state index contributed by atoms with van der Waals surface area (Å²) in [6.07, 6.45) is 3.45. The molecule has 0 fully saturated rings. The summed E-state index contributed by atoms with van der Waals surface area (Å²) in [4.78, 5) is 21.2. The van der Waals surface area contributed by atoms with Crippen molar-refractivity contribution >= 4 is 33.7 Å². The third kappa shape index (κ3) is 2.93. The first-order valence-electron chi connectivity index (χ1n) is 6.06. The predicted molar refractivity (Wildman–Crippen MR) is 84.2 cm³/mol. The van der Waals surface area contributed by atoms with Gasteiger partial charge in [-0.25, -0.2) is 4.98 Å². The van der Waals surface area contributed by atoms with Crippen LogP contribution in [0.5, 0.6) is 5.75 Å². The minimum absolute atomic E-state index is 0.214. The number of thiazole rings is 1. The second-order valence-corrected chi connectivity index (χ2v) is 5.83. The highest BCUT2D eigenvalue weighted by Gasteiger charge is 2.15. The van der Waals surface area contributed by atoms with Gasteiger partial charge in [0.05, 0.1) is 12.8 Å². The summed E-state index contributed by atoms with van der Waals surface area (Å²) in [5.74, 6) is 0.357. The molecule has 0 radical (unpaired) electrons. The number of hydrogen-bond acceptors (Lipinski definition) is 6. The van der Waals surface area contributed by atoms with E-state index in [4.69, 9.17) is 4.74 Å². The number of methoxy groups -OCH3 is 1. The van der Waals surface area contributed by atoms with Crippen LogP contribution in [-0.2, 0) is 0 Å². The lowest BCUT2D eigenvalue weighted by molar-refractivity contribution is 0.102. The number of carbonyl (C=O) groups excluding carboxylic acids is 1. The summed E-state index contributed by atoms with van der Waals surface area (Å²) in [6.45, 7) is 0. The van der Waals surface area contributed by atoms with Crippen LogP contribution in [-0.4, -0.2) is 23.0 Å². The molecule has 0 aromatic carbocycles. The fourth-order valence-electron chi connectivity index (χ4n) is 1.76. The third-order valence-electron chi connectivity index (χ3n) is 2.74. The van der Waals surface area contributed by atoms with E-state index in [0.717, 1.165) is 11.3 Å². The molecule has 1 N–H and O–H groups in total. The van der Waals surface area contributed by atoms with Gasteiger partial charge in [0, 0.05) is 23.3 Å². The van der Waals surface area contributed by atoms with Crippen molar-refractivity contribution in [2.75, 3.05) is 12.4 Å². The van der Waals surface area contributed by atoms with E-state index in [-0.39, 0.29) is 5.91 Å². The van der Waals surface area contributed by atoms with Crippen molar-refractivity contribution in [2.24, 2.45) is 0 Å². The smallest absolute Gasteiger partial charge is 0.271 e. The van der Waals surface area contributed by atoms with E-state index in [1.54, 1.807) is 25.6 Å². The lowest BCUT2D eigenvalue weighted by atomic mass is 10.2. The maximum atomic E-state index is 12.2. The second-order valence-electron chi connectivity index (χ2n) is 4.05. The molecule has 7 heteroatoms. The number of rotatable bonds is 4. The van der Waals surface area contributed by atoms with Crippen LogP contribution in [0.15, 0.2) is 41.4 Å². The van der Waals surface area contributed by atoms with Crippen molar-refractivity contribution in [2.45, 2.75) is 0 Å². The highest BCUT2D eigenvalue weighted by molar-refractivity contribution is 7.15. The van der Waals surface area contributed by atoms with Crippen LogP contribution in [0.1, 0.15) is 9.67 Å². The van der Waals surface area contributed by atoms with Crippen LogP contribution >= 0.6 is 22.7 Å². The normalized spacial score (nSPS) is 10.3. The number of ether oxygens (including phenoxy) is 1. The van der Waals surface area contributed by atoms with Crippen LogP contribution in [0, 0.1) is 0 Å². The number of amides is 1. The zero-order valence-corrected chi connectivity index (χ0v) is 12.7. The van der Waals surface area contributed by atoms with Gasteiger partial charge in [-0.15, -0.1) is 22.7 Å². The first-order chi connectivity index (χ1) is 10.3. The summed E-state index contributed by atoms with van der Waals surface area (Å²) in [6, 6.07) is 5.54. The van der Waals surface area contributed by atoms with Gasteiger partial charge < -0.3 is 4.74 Å². The van der Waals surface area contributed by atoms with Gasteiger partial charge in [-0.3, -0.25) is 15.1 Å². The number of nitrogens with zero attached hydrogens (tertiary/aromatic N) is 2. The van der Waals surface area contributed by atoms with E-state index in [0.29, 0.717) is 15.8 Å². The Hall–Kier alpha value is -2.25. The summed E-state index contributed by atoms with van der Waals surface area (Å²) in [5.41, 5.74) is 1.71. The van der Waals surface area contributed by atoms with Crippen LogP contribution in [0.3, 0.4) is 0 Å². The Bertz CT molecular complexity index is 752. The quantitative estimate of drug-likeness (QED) is 0.799. The Kier molecular flexibility index (Phi) is 3.94. The molecule has 0 aliphatic heterocycles. The van der Waals surface area contributed by atoms with Crippen LogP contribution in [0.25, 0.3) is 11.3 Å². The monoisotopic (exact) mass is 317 g/mol. The number of aromatic nitrogens is 2. The third-order valence-corrected chi connectivity index (χ3v) is 4.39. The number of thiophene rings is 1. The molecule has 21 heavy (non-hydrogen) atoms. The lowest BCUT2D eigenvalue weighted by Gasteiger charge is -2.02. The van der Waals surface area contributed by atoms with Crippen molar-refractivity contribution < 1.29 is 9.53 Å². The van der Waals surface area contributed by atoms with Crippen molar-refractivity contribution in [3.8, 4) is 17.0 Å². The molecule has 0 unspecified atom stereocenters. The molecule has 0 saturated carbocycles. The van der Waals surface area contributed by atoms with Gasteiger partial charge in [0.1, 0.15) is 10.6 Å². The van der Waals surface area contributed by atoms with Crippen molar-refractivity contribution in [3.63, 3.8) is 0 Å². The van der Waals surface area contributed by atoms with Crippen LogP contribution in [0.2, 0.25) is 0 Å². The van der Waals surface area contributed by atoms with Crippen LogP contribution < -0.4 is 10.1 Å². The Morgan fingerprint density at radius 2 is 2.24 bits per heavy atom. The molecular weight excluding hydrogens is 306 g/mol. The fourth-order valence-corrected chi connectivity index (χ4v) is 3.22. The standard InChI is InChI=1S/C14H11N3O2S2/c1-19-11-4-6-20-12(11)13(18)17-14-16-10(8-21-14)9-3-2-5-15-7-9/h2-8H,1H3,(H,16,17,18). The van der Waals surface area contributed by atoms with Crippen LogP contribution in [0.4, 0.5) is 5.13 Å². The average molecular weight is 317 g/mol. The molecule has 0 spiro atoms. The molecule has 3 heterocycles. The Balaban J connectivity index is 1.77. The van der Waals surface area contributed by atoms with E-state index in [2.05, 4.69) is 15.3 Å². The largest absolute Gasteiger partial charge is 0.495 e. The number of pyridine rings is 1. The van der Waals surface area contributed by atoms with E-state index >= 15 is 0 Å². The molecule has 3 aromatic heterocycles. The van der Waals surface area contributed by atoms with Gasteiger partial charge >= 0.3 is 0 Å². The molecule has 5 nitrogen and oxygen atoms in total. The summed E-state index contributed by atoms with van der Waals surface area (Å²) in [7, 11) is 1.54. The summed E-state index contributed by atoms with van der Waals surface area (Å²) >= 11 is 2.71. The molecule has 0 atom stereocenters. The van der Waals surface area contributed by atoms with E-state index in [1.807, 2.05) is 22.9 Å². The lowest BCUT2D eigenvalue weighted by Crippen LogP contribution is -2.10. The molecule has 0 bridgehead atoms. The Morgan fingerprint density at radius 3 is 3.00 bits per heavy atom. The average Bonchev–Trinajstić information content (AvgIpc) is 3.16. The van der Waals surface area contributed by atoms with Gasteiger partial charge in [-0.05, 0) is 23.6 Å². The van der Waals surface area contributed by atoms with Crippen molar-refractivity contribution in [1.29, 1.82) is 0 Å². The number of nitrogens with one attached hydrogen (secondary N) is 1. The summed E-state index contributed by atoms with van der Waals surface area (Å²) < 4.78 is 5.14. The first-order valence-corrected chi connectivity index (χ1v) is 7.82. The number of anilines is 1. The van der Waals surface area contributed by atoms with Gasteiger partial charge in [-0.2, -0.15) is 0 Å². The summed E-state index contributed by atoms with van der Waals surface area (Å²) in [5, 5.41) is 7.04. The van der Waals surface area contributed by atoms with Gasteiger partial charge in [0.15, 0.2) is 5.13 Å². The molecule has 0 aliphatic carbocycles. The predicted octanol–water partition coefficient (Wildman–Crippen LogP) is 3.53. The molecule has 0 aliphatic rings. The maximum Gasteiger partial charge on any atom is 0.271 e. The van der Waals surface area contributed by atoms with Crippen molar-refractivity contribution in [3.05, 3.63) is 46.2 Å². The molecular formula is C14H11N3O2S2. The fraction of sp³-hybridized carbons (Fsp3) is 0.0714. The molecule has 106 valence electrons. The Morgan fingerprint density at radius 1 is 1.33 bits per heavy atom. The van der Waals surface area contributed by atoms with Gasteiger partial charge in [-0.1, -0.05) is 0 Å². The molecule has 3 rings (SSSR count). The minimum Gasteiger partial charge on any atom is -0.495 e. The minimum atomic E-state index is -0.214. The molecule has 1 amide bonds. The topological polar surface area (TPSA) is 64.1 Å². The SMILES string of the molecule is COc1ccsc1C(=O)Nc1nc(-c2cccnc2)cs1. The highest BCUT2D eigenvalue weighted by atomic mass is 32.1. The van der Waals surface area contributed by atoms with Gasteiger partial charge in [0.25, 0.3) is 5.91 Å². The maximum absolute atomic E-state index is 12.2. The number of carbonyl (C=O) groups is 1. The molecule has 3 aromatic rings. The highest BCUT2D eigenvalue weighted by Crippen LogP contribution is 2.28. The van der Waals surface area contributed by atoms with Crippen molar-refractivity contribution in [1.82, 2.24) is 9.97 Å². The number of hydrogen-bond donors (Lipinski definition) is 1. The van der Waals surface area contributed by atoms with E-state index in [1.165, 1.54) is 22.7 Å².